The first-order chi connectivity index (χ1) is 20.8. The van der Waals surface area contributed by atoms with Gasteiger partial charge in [-0.2, -0.15) is 11.8 Å². The molecule has 0 aliphatic rings. The molecule has 0 spiro atoms. The topological polar surface area (TPSA) is 153 Å². The molecule has 0 heterocycles. The van der Waals surface area contributed by atoms with Crippen LogP contribution in [0.15, 0.2) is 48.5 Å². The van der Waals surface area contributed by atoms with Crippen LogP contribution < -0.4 is 30.7 Å². The molecule has 2 unspecified atom stereocenters. The summed E-state index contributed by atoms with van der Waals surface area (Å²) in [5, 5.41) is 11.7. The standard InChI is InChI=1S/C30H42N4O8S/c1-5-41-29(37)17-33-27(35)15-31-25(21-7-11-23(39-3)12-8-21)19-43-20-26(22-9-13-24(40-4)14-10-22)32-16-28(36)34-18-30(38)42-6-2/h7-14,25-26,31-32H,5-6,15-20H2,1-4H3,(H,33,35)(H,34,36). The molecule has 4 N–H and O–H groups in total. The maximum atomic E-state index is 12.4. The van der Waals surface area contributed by atoms with Gasteiger partial charge in [0.05, 0.1) is 40.5 Å². The minimum absolute atomic E-state index is 0.00252. The van der Waals surface area contributed by atoms with Crippen LogP contribution in [0, 0.1) is 0 Å². The third kappa shape index (κ3) is 13.8. The SMILES string of the molecule is CCOC(=O)CNC(=O)CNC(CSCC(NCC(=O)NCC(=O)OCC)c1ccc(OC)cc1)c1ccc(OC)cc1. The van der Waals surface area contributed by atoms with Crippen LogP contribution in [0.1, 0.15) is 37.1 Å². The number of amides is 2. The van der Waals surface area contributed by atoms with E-state index in [0.29, 0.717) is 23.0 Å². The second-order valence-electron chi connectivity index (χ2n) is 9.11. The van der Waals surface area contributed by atoms with E-state index in [-0.39, 0.29) is 63.3 Å². The van der Waals surface area contributed by atoms with Gasteiger partial charge >= 0.3 is 11.9 Å². The van der Waals surface area contributed by atoms with E-state index in [1.807, 2.05) is 48.5 Å². The second-order valence-corrected chi connectivity index (χ2v) is 10.2. The van der Waals surface area contributed by atoms with Crippen LogP contribution in [-0.2, 0) is 28.7 Å². The van der Waals surface area contributed by atoms with Crippen molar-refractivity contribution < 1.29 is 38.1 Å². The predicted octanol–water partition coefficient (Wildman–Crippen LogP) is 1.76. The van der Waals surface area contributed by atoms with Crippen LogP contribution in [0.5, 0.6) is 11.5 Å². The first-order valence-corrected chi connectivity index (χ1v) is 15.1. The highest BCUT2D eigenvalue weighted by molar-refractivity contribution is 7.99. The van der Waals surface area contributed by atoms with Crippen molar-refractivity contribution in [3.63, 3.8) is 0 Å². The molecule has 2 atom stereocenters. The van der Waals surface area contributed by atoms with Crippen molar-refractivity contribution in [2.45, 2.75) is 25.9 Å². The van der Waals surface area contributed by atoms with Crippen molar-refractivity contribution >= 4 is 35.5 Å². The Balaban J connectivity index is 2.05. The number of hydrogen-bond donors (Lipinski definition) is 4. The minimum atomic E-state index is -0.496. The van der Waals surface area contributed by atoms with E-state index in [1.165, 1.54) is 0 Å². The van der Waals surface area contributed by atoms with Gasteiger partial charge in [-0.1, -0.05) is 24.3 Å². The first kappa shape index (κ1) is 35.4. The summed E-state index contributed by atoms with van der Waals surface area (Å²) in [6, 6.07) is 14.7. The lowest BCUT2D eigenvalue weighted by Crippen LogP contribution is -2.39. The summed E-state index contributed by atoms with van der Waals surface area (Å²) in [6.45, 7) is 3.50. The largest absolute Gasteiger partial charge is 0.497 e. The number of methoxy groups -OCH3 is 2. The summed E-state index contributed by atoms with van der Waals surface area (Å²) >= 11 is 1.63. The molecule has 2 aromatic carbocycles. The maximum Gasteiger partial charge on any atom is 0.325 e. The van der Waals surface area contributed by atoms with Crippen LogP contribution in [0.2, 0.25) is 0 Å². The zero-order valence-corrected chi connectivity index (χ0v) is 25.9. The molecule has 236 valence electrons. The molecule has 12 nitrogen and oxygen atoms in total. The highest BCUT2D eigenvalue weighted by atomic mass is 32.2. The van der Waals surface area contributed by atoms with Gasteiger partial charge in [0, 0.05) is 23.6 Å². The summed E-state index contributed by atoms with van der Waals surface area (Å²) in [4.78, 5) is 48.0. The van der Waals surface area contributed by atoms with Crippen LogP contribution in [0.25, 0.3) is 0 Å². The summed E-state index contributed by atoms with van der Waals surface area (Å²) in [5.41, 5.74) is 1.91. The molecular weight excluding hydrogens is 576 g/mol. The molecule has 0 saturated heterocycles. The molecule has 0 bridgehead atoms. The molecule has 0 aromatic heterocycles. The third-order valence-corrected chi connectivity index (χ3v) is 7.23. The number of esters is 2. The quantitative estimate of drug-likeness (QED) is 0.161. The monoisotopic (exact) mass is 618 g/mol. The summed E-state index contributed by atoms with van der Waals surface area (Å²) in [5.74, 6) is 0.974. The fourth-order valence-electron chi connectivity index (χ4n) is 3.84. The summed E-state index contributed by atoms with van der Waals surface area (Å²) in [7, 11) is 3.19. The van der Waals surface area contributed by atoms with E-state index >= 15 is 0 Å². The van der Waals surface area contributed by atoms with Gasteiger partial charge in [0.1, 0.15) is 24.6 Å². The molecule has 0 fully saturated rings. The zero-order valence-electron chi connectivity index (χ0n) is 25.1. The van der Waals surface area contributed by atoms with E-state index in [1.54, 1.807) is 39.8 Å². The molecule has 0 aliphatic carbocycles. The fourth-order valence-corrected chi connectivity index (χ4v) is 5.07. The third-order valence-electron chi connectivity index (χ3n) is 6.09. The highest BCUT2D eigenvalue weighted by Crippen LogP contribution is 2.26. The molecule has 2 rings (SSSR count). The normalized spacial score (nSPS) is 12.0. The summed E-state index contributed by atoms with van der Waals surface area (Å²) in [6.07, 6.45) is 0. The zero-order chi connectivity index (χ0) is 31.5. The van der Waals surface area contributed by atoms with Crippen LogP contribution in [-0.4, -0.2) is 88.9 Å². The van der Waals surface area contributed by atoms with Gasteiger partial charge in [-0.15, -0.1) is 0 Å². The van der Waals surface area contributed by atoms with Crippen molar-refractivity contribution in [3.05, 3.63) is 59.7 Å². The smallest absolute Gasteiger partial charge is 0.325 e. The number of thioether (sulfide) groups is 1. The maximum absolute atomic E-state index is 12.4. The van der Waals surface area contributed by atoms with Crippen molar-refractivity contribution in [1.82, 2.24) is 21.3 Å². The molecule has 0 aliphatic heterocycles. The Morgan fingerprint density at radius 3 is 1.33 bits per heavy atom. The molecule has 0 saturated carbocycles. The molecule has 43 heavy (non-hydrogen) atoms. The summed E-state index contributed by atoms with van der Waals surface area (Å²) < 4.78 is 20.3. The van der Waals surface area contributed by atoms with Gasteiger partial charge in [-0.25, -0.2) is 0 Å². The van der Waals surface area contributed by atoms with Crippen molar-refractivity contribution in [3.8, 4) is 11.5 Å². The lowest BCUT2D eigenvalue weighted by Gasteiger charge is -2.22. The van der Waals surface area contributed by atoms with Gasteiger partial charge in [-0.05, 0) is 49.2 Å². The average Bonchev–Trinajstić information content (AvgIpc) is 3.02. The fraction of sp³-hybridized carbons (Fsp3) is 0.467. The molecule has 2 aromatic rings. The highest BCUT2D eigenvalue weighted by Gasteiger charge is 2.18. The van der Waals surface area contributed by atoms with E-state index < -0.39 is 11.9 Å². The number of carbonyl (C=O) groups is 4. The van der Waals surface area contributed by atoms with E-state index in [9.17, 15) is 19.2 Å². The molecular formula is C30H42N4O8S. The van der Waals surface area contributed by atoms with Crippen molar-refractivity contribution in [2.24, 2.45) is 0 Å². The Morgan fingerprint density at radius 2 is 1.00 bits per heavy atom. The molecule has 13 heteroatoms. The van der Waals surface area contributed by atoms with Crippen LogP contribution >= 0.6 is 11.8 Å². The van der Waals surface area contributed by atoms with Crippen molar-refractivity contribution in [1.29, 1.82) is 0 Å². The Labute approximate surface area is 256 Å². The van der Waals surface area contributed by atoms with E-state index in [4.69, 9.17) is 18.9 Å². The van der Waals surface area contributed by atoms with Crippen LogP contribution in [0.4, 0.5) is 0 Å². The van der Waals surface area contributed by atoms with Crippen LogP contribution in [0.3, 0.4) is 0 Å². The number of rotatable bonds is 20. The lowest BCUT2D eigenvalue weighted by molar-refractivity contribution is -0.143. The van der Waals surface area contributed by atoms with Gasteiger partial charge in [0.15, 0.2) is 0 Å². The van der Waals surface area contributed by atoms with Gasteiger partial charge in [0.2, 0.25) is 11.8 Å². The number of ether oxygens (including phenoxy) is 4. The number of hydrogen-bond acceptors (Lipinski definition) is 11. The first-order valence-electron chi connectivity index (χ1n) is 14.0. The van der Waals surface area contributed by atoms with Gasteiger partial charge in [-0.3, -0.25) is 19.2 Å². The minimum Gasteiger partial charge on any atom is -0.497 e. The number of nitrogens with one attached hydrogen (secondary N) is 4. The van der Waals surface area contributed by atoms with Gasteiger partial charge < -0.3 is 40.2 Å². The van der Waals surface area contributed by atoms with E-state index in [2.05, 4.69) is 21.3 Å². The van der Waals surface area contributed by atoms with E-state index in [0.717, 1.165) is 11.1 Å². The second kappa shape index (κ2) is 20.2. The van der Waals surface area contributed by atoms with Gasteiger partial charge in [0.25, 0.3) is 0 Å². The average molecular weight is 619 g/mol. The lowest BCUT2D eigenvalue weighted by atomic mass is 10.1. The number of carbonyl (C=O) groups excluding carboxylic acids is 4. The molecule has 0 radical (unpaired) electrons. The molecule has 2 amide bonds. The Morgan fingerprint density at radius 1 is 0.628 bits per heavy atom. The van der Waals surface area contributed by atoms with Crippen molar-refractivity contribution in [2.75, 3.05) is 65.1 Å². The Kier molecular flexibility index (Phi) is 16.6. The number of benzene rings is 2. The Hall–Kier alpha value is -3.81. The predicted molar refractivity (Wildman–Crippen MR) is 164 cm³/mol. The Bertz CT molecular complexity index is 1060.